The molecule has 2 unspecified atom stereocenters. The van der Waals surface area contributed by atoms with E-state index in [0.717, 1.165) is 19.1 Å². The highest BCUT2D eigenvalue weighted by Crippen LogP contribution is 2.25. The Morgan fingerprint density at radius 2 is 1.86 bits per heavy atom. The zero-order valence-electron chi connectivity index (χ0n) is 8.35. The van der Waals surface area contributed by atoms with Gasteiger partial charge in [0.05, 0.1) is 11.5 Å². The zero-order chi connectivity index (χ0) is 10.6. The summed E-state index contributed by atoms with van der Waals surface area (Å²) in [5.41, 5.74) is -1.11. The zero-order valence-corrected chi connectivity index (χ0v) is 10.8. The van der Waals surface area contributed by atoms with Gasteiger partial charge in [-0.1, -0.05) is 18.2 Å². The van der Waals surface area contributed by atoms with Gasteiger partial charge in [-0.2, -0.15) is 0 Å². The average Bonchev–Trinajstić information content (AvgIpc) is 2.27. The summed E-state index contributed by atoms with van der Waals surface area (Å²) >= 11 is 0. The minimum Gasteiger partial charge on any atom is -0.427 e. The van der Waals surface area contributed by atoms with Gasteiger partial charge < -0.3 is 14.6 Å². The number of hydrogen-bond donors (Lipinski definition) is 2. The highest BCUT2D eigenvalue weighted by molar-refractivity contribution is 7.24. The molecule has 3 nitrogen and oxygen atoms in total. The fourth-order valence-corrected chi connectivity index (χ4v) is 10.6. The Hall–Kier alpha value is -0.206. The van der Waals surface area contributed by atoms with Gasteiger partial charge in [-0.15, -0.1) is 13.2 Å². The monoisotopic (exact) mass is 230 g/mol. The van der Waals surface area contributed by atoms with Gasteiger partial charge in [-0.05, 0) is 6.42 Å². The number of hydrogen-bond acceptors (Lipinski definition) is 3. The van der Waals surface area contributed by atoms with Gasteiger partial charge >= 0.3 is 0 Å². The molecule has 5 heteroatoms. The molecule has 0 aromatic carbocycles. The molecule has 2 N–H and O–H groups in total. The molecule has 0 aliphatic carbocycles. The predicted octanol–water partition coefficient (Wildman–Crippen LogP) is -0.392. The molecule has 0 bridgehead atoms. The Kier molecular flexibility index (Phi) is 4.27. The van der Waals surface area contributed by atoms with Gasteiger partial charge in [0.2, 0.25) is 0 Å². The van der Waals surface area contributed by atoms with E-state index >= 15 is 0 Å². The highest BCUT2D eigenvalue weighted by Gasteiger charge is 2.47. The van der Waals surface area contributed by atoms with Crippen LogP contribution in [0.3, 0.4) is 0 Å². The van der Waals surface area contributed by atoms with Crippen molar-refractivity contribution >= 4 is 16.9 Å². The van der Waals surface area contributed by atoms with Crippen LogP contribution in [0.25, 0.3) is 0 Å². The van der Waals surface area contributed by atoms with Crippen molar-refractivity contribution in [2.75, 3.05) is 6.61 Å². The lowest BCUT2D eigenvalue weighted by Crippen LogP contribution is -2.63. The lowest BCUT2D eigenvalue weighted by molar-refractivity contribution is 0.239. The molecule has 14 heavy (non-hydrogen) atoms. The first-order chi connectivity index (χ1) is 6.67. The van der Waals surface area contributed by atoms with E-state index in [1.54, 1.807) is 12.2 Å². The molecule has 1 fully saturated rings. The Morgan fingerprint density at radius 3 is 2.21 bits per heavy atom. The minimum atomic E-state index is -2.10. The lowest BCUT2D eigenvalue weighted by atomic mass is 10.5. The number of aliphatic hydroxyl groups is 2. The summed E-state index contributed by atoms with van der Waals surface area (Å²) in [4.78, 5) is 0. The Labute approximate surface area is 87.8 Å². The van der Waals surface area contributed by atoms with E-state index in [0.29, 0.717) is 0 Å². The predicted molar refractivity (Wildman–Crippen MR) is 62.1 cm³/mol. The molecule has 80 valence electrons. The van der Waals surface area contributed by atoms with Crippen LogP contribution in [0.4, 0.5) is 0 Å². The molecule has 1 heterocycles. The average molecular weight is 230 g/mol. The van der Waals surface area contributed by atoms with E-state index in [1.165, 1.54) is 0 Å². The summed E-state index contributed by atoms with van der Waals surface area (Å²) in [7, 11) is -2.90. The molecule has 1 rings (SSSR count). The van der Waals surface area contributed by atoms with Crippen molar-refractivity contribution in [2.24, 2.45) is 0 Å². The van der Waals surface area contributed by atoms with Crippen molar-refractivity contribution in [2.45, 2.75) is 23.9 Å². The molecule has 0 spiro atoms. The maximum Gasteiger partial charge on any atom is 0.157 e. The lowest BCUT2D eigenvalue weighted by Gasteiger charge is -2.39. The maximum absolute atomic E-state index is 9.93. The van der Waals surface area contributed by atoms with Crippen LogP contribution in [0, 0.1) is 0 Å². The smallest absolute Gasteiger partial charge is 0.157 e. The fourth-order valence-electron chi connectivity index (χ4n) is 1.95. The van der Waals surface area contributed by atoms with Crippen molar-refractivity contribution < 1.29 is 14.6 Å². The number of aliphatic hydroxyl groups excluding tert-OH is 2. The fraction of sp³-hybridized carbons (Fsp3) is 0.556. The second-order valence-corrected chi connectivity index (χ2v) is 13.4. The van der Waals surface area contributed by atoms with E-state index in [1.807, 2.05) is 0 Å². The highest BCUT2D eigenvalue weighted by atomic mass is 29.2. The summed E-state index contributed by atoms with van der Waals surface area (Å²) in [6, 6.07) is 0.930. The van der Waals surface area contributed by atoms with Crippen molar-refractivity contribution in [3.63, 3.8) is 0 Å². The summed E-state index contributed by atoms with van der Waals surface area (Å²) in [5.74, 6) is 0. The third-order valence-electron chi connectivity index (χ3n) is 2.93. The van der Waals surface area contributed by atoms with Gasteiger partial charge in [0, 0.05) is 6.61 Å². The second kappa shape index (κ2) is 5.04. The topological polar surface area (TPSA) is 49.7 Å². The molecule has 0 amide bonds. The first kappa shape index (κ1) is 11.9. The third kappa shape index (κ3) is 2.07. The second-order valence-electron chi connectivity index (χ2n) is 3.75. The minimum absolute atomic E-state index is 0.553. The van der Waals surface area contributed by atoms with E-state index in [2.05, 4.69) is 13.2 Å². The first-order valence-electron chi connectivity index (χ1n) is 4.86. The quantitative estimate of drug-likeness (QED) is 0.511. The van der Waals surface area contributed by atoms with E-state index < -0.39 is 28.3 Å². The van der Waals surface area contributed by atoms with Crippen molar-refractivity contribution in [3.8, 4) is 0 Å². The van der Waals surface area contributed by atoms with E-state index in [-0.39, 0.29) is 0 Å². The van der Waals surface area contributed by atoms with Crippen LogP contribution in [0.5, 0.6) is 0 Å². The normalized spacial score (nSPS) is 33.6. The van der Waals surface area contributed by atoms with E-state index in [9.17, 15) is 10.2 Å². The first-order valence-corrected chi connectivity index (χ1v) is 10.1. The molecule has 0 saturated carbocycles. The van der Waals surface area contributed by atoms with Crippen LogP contribution in [0.15, 0.2) is 25.3 Å². The van der Waals surface area contributed by atoms with Crippen LogP contribution in [-0.2, 0) is 4.43 Å². The maximum atomic E-state index is 9.93. The van der Waals surface area contributed by atoms with Gasteiger partial charge in [0.1, 0.15) is 7.59 Å². The van der Waals surface area contributed by atoms with Crippen LogP contribution in [-0.4, -0.2) is 45.1 Å². The van der Waals surface area contributed by atoms with Crippen molar-refractivity contribution in [3.05, 3.63) is 25.3 Å². The van der Waals surface area contributed by atoms with Crippen LogP contribution < -0.4 is 0 Å². The Bertz CT molecular complexity index is 198. The molecular weight excluding hydrogens is 212 g/mol. The van der Waals surface area contributed by atoms with Gasteiger partial charge in [0.25, 0.3) is 0 Å². The molecule has 0 aromatic rings. The van der Waals surface area contributed by atoms with Crippen molar-refractivity contribution in [1.29, 1.82) is 0 Å². The molecule has 2 atom stereocenters. The standard InChI is InChI=1S/C9H18O3Si2/c1-3-8(10)14(9(11)4-2)7-5-6-12-13-14/h3-4,8-11H,1-2,5-7,13H2. The SMILES string of the molecule is C=CC(O)[Si]1(C(O)C=C)CCCO[SiH2]1. The van der Waals surface area contributed by atoms with Crippen LogP contribution in [0.2, 0.25) is 6.04 Å². The molecule has 1 saturated heterocycles. The van der Waals surface area contributed by atoms with Gasteiger partial charge in [-0.25, -0.2) is 0 Å². The summed E-state index contributed by atoms with van der Waals surface area (Å²) in [5, 5.41) is 19.9. The van der Waals surface area contributed by atoms with Gasteiger partial charge in [0.15, 0.2) is 9.28 Å². The molecular formula is C9H18O3Si2. The molecule has 1 aliphatic heterocycles. The van der Waals surface area contributed by atoms with Crippen LogP contribution >= 0.6 is 0 Å². The van der Waals surface area contributed by atoms with Crippen molar-refractivity contribution in [1.82, 2.24) is 0 Å². The summed E-state index contributed by atoms with van der Waals surface area (Å²) in [6.45, 7) is 7.99. The number of rotatable bonds is 4. The largest absolute Gasteiger partial charge is 0.427 e. The Morgan fingerprint density at radius 1 is 1.29 bits per heavy atom. The van der Waals surface area contributed by atoms with Crippen LogP contribution in [0.1, 0.15) is 6.42 Å². The molecule has 0 aromatic heterocycles. The van der Waals surface area contributed by atoms with Gasteiger partial charge in [-0.3, -0.25) is 0 Å². The summed E-state index contributed by atoms with van der Waals surface area (Å²) in [6.07, 6.45) is 4.02. The molecule has 0 radical (unpaired) electrons. The molecule has 1 aliphatic rings. The Balaban J connectivity index is 2.86. The van der Waals surface area contributed by atoms with E-state index in [4.69, 9.17) is 4.43 Å². The summed E-state index contributed by atoms with van der Waals surface area (Å²) < 4.78 is 5.52. The third-order valence-corrected chi connectivity index (χ3v) is 13.9.